The molecule has 94 valence electrons. The van der Waals surface area contributed by atoms with Crippen molar-refractivity contribution in [1.29, 1.82) is 0 Å². The molecule has 0 bridgehead atoms. The maximum Gasteiger partial charge on any atom is 0.373 e. The van der Waals surface area contributed by atoms with E-state index in [2.05, 4.69) is 0 Å². The molecule has 8 heteroatoms. The number of carboxylic acid groups (broad SMARTS) is 3. The second-order valence-electron chi connectivity index (χ2n) is 3.81. The number of carbonyl (C=O) groups is 4. The van der Waals surface area contributed by atoms with E-state index in [0.717, 1.165) is 4.90 Å². The first-order valence-electron chi connectivity index (χ1n) is 4.76. The third-order valence-corrected chi connectivity index (χ3v) is 2.63. The van der Waals surface area contributed by atoms with Crippen LogP contribution in [0.3, 0.4) is 0 Å². The lowest BCUT2D eigenvalue weighted by atomic mass is 10.2. The number of Topliss-reactive ketones (excluding diaryl/α,β-unsaturated/α-hetero) is 1. The molecule has 0 aromatic rings. The van der Waals surface area contributed by atoms with E-state index in [1.54, 1.807) is 0 Å². The normalized spacial score (nSPS) is 16.5. The highest BCUT2D eigenvalue weighted by atomic mass is 16.4. The highest BCUT2D eigenvalue weighted by molar-refractivity contribution is 6.33. The summed E-state index contributed by atoms with van der Waals surface area (Å²) < 4.78 is 0. The largest absolute Gasteiger partial charge is 0.480 e. The van der Waals surface area contributed by atoms with Crippen LogP contribution in [0.4, 0.5) is 0 Å². The smallest absolute Gasteiger partial charge is 0.373 e. The van der Waals surface area contributed by atoms with Crippen molar-refractivity contribution in [3.63, 3.8) is 0 Å². The molecule has 8 nitrogen and oxygen atoms in total. The fourth-order valence-electron chi connectivity index (χ4n) is 1.55. The van der Waals surface area contributed by atoms with E-state index >= 15 is 0 Å². The van der Waals surface area contributed by atoms with E-state index in [0.29, 0.717) is 0 Å². The summed E-state index contributed by atoms with van der Waals surface area (Å²) in [5.74, 6) is -5.48. The summed E-state index contributed by atoms with van der Waals surface area (Å²) in [6.45, 7) is -1.39. The highest BCUT2D eigenvalue weighted by Crippen LogP contribution is 2.41. The minimum Gasteiger partial charge on any atom is -0.480 e. The summed E-state index contributed by atoms with van der Waals surface area (Å²) in [7, 11) is 0. The van der Waals surface area contributed by atoms with Crippen LogP contribution in [0, 0.1) is 0 Å². The molecule has 1 aliphatic rings. The Balaban J connectivity index is 2.82. The van der Waals surface area contributed by atoms with Crippen molar-refractivity contribution >= 4 is 23.7 Å². The first kappa shape index (κ1) is 13.1. The molecule has 0 heterocycles. The SMILES string of the molecule is O=C(O)CN(CC(=O)C(=O)O)C1(C(=O)O)CC1. The van der Waals surface area contributed by atoms with Gasteiger partial charge in [0.15, 0.2) is 0 Å². The van der Waals surface area contributed by atoms with Crippen molar-refractivity contribution in [2.75, 3.05) is 13.1 Å². The van der Waals surface area contributed by atoms with E-state index < -0.39 is 42.3 Å². The van der Waals surface area contributed by atoms with E-state index in [-0.39, 0.29) is 12.8 Å². The molecule has 0 radical (unpaired) electrons. The number of carbonyl (C=O) groups excluding carboxylic acids is 1. The van der Waals surface area contributed by atoms with Crippen LogP contribution in [0.25, 0.3) is 0 Å². The van der Waals surface area contributed by atoms with E-state index in [9.17, 15) is 19.2 Å². The maximum absolute atomic E-state index is 11.0. The van der Waals surface area contributed by atoms with Crippen molar-refractivity contribution < 1.29 is 34.5 Å². The van der Waals surface area contributed by atoms with Gasteiger partial charge in [0.2, 0.25) is 0 Å². The first-order valence-corrected chi connectivity index (χ1v) is 4.76. The highest BCUT2D eigenvalue weighted by Gasteiger charge is 2.56. The van der Waals surface area contributed by atoms with Gasteiger partial charge in [-0.15, -0.1) is 0 Å². The van der Waals surface area contributed by atoms with Crippen molar-refractivity contribution in [3.8, 4) is 0 Å². The van der Waals surface area contributed by atoms with Crippen molar-refractivity contribution in [2.45, 2.75) is 18.4 Å². The van der Waals surface area contributed by atoms with Crippen LogP contribution >= 0.6 is 0 Å². The van der Waals surface area contributed by atoms with Gasteiger partial charge < -0.3 is 15.3 Å². The monoisotopic (exact) mass is 245 g/mol. The maximum atomic E-state index is 11.0. The summed E-state index contributed by atoms with van der Waals surface area (Å²) >= 11 is 0. The van der Waals surface area contributed by atoms with Gasteiger partial charge in [-0.05, 0) is 12.8 Å². The number of hydrogen-bond donors (Lipinski definition) is 3. The van der Waals surface area contributed by atoms with Gasteiger partial charge in [-0.1, -0.05) is 0 Å². The molecule has 1 fully saturated rings. The Morgan fingerprint density at radius 2 is 1.53 bits per heavy atom. The Morgan fingerprint density at radius 1 is 1.00 bits per heavy atom. The Hall–Kier alpha value is -1.96. The molecule has 0 atom stereocenters. The molecule has 1 rings (SSSR count). The van der Waals surface area contributed by atoms with Crippen LogP contribution in [0.1, 0.15) is 12.8 Å². The molecule has 1 saturated carbocycles. The molecule has 0 amide bonds. The van der Waals surface area contributed by atoms with Gasteiger partial charge in [0, 0.05) is 0 Å². The van der Waals surface area contributed by atoms with E-state index in [1.807, 2.05) is 0 Å². The van der Waals surface area contributed by atoms with Gasteiger partial charge >= 0.3 is 17.9 Å². The predicted molar refractivity (Wildman–Crippen MR) is 51.5 cm³/mol. The Morgan fingerprint density at radius 3 is 1.82 bits per heavy atom. The average Bonchev–Trinajstić information content (AvgIpc) is 2.95. The summed E-state index contributed by atoms with van der Waals surface area (Å²) in [5, 5.41) is 26.0. The first-order chi connectivity index (χ1) is 7.79. The molecule has 0 spiro atoms. The molecule has 0 saturated heterocycles. The van der Waals surface area contributed by atoms with Crippen molar-refractivity contribution in [2.24, 2.45) is 0 Å². The third kappa shape index (κ3) is 2.78. The lowest BCUT2D eigenvalue weighted by molar-refractivity contribution is -0.154. The van der Waals surface area contributed by atoms with Crippen LogP contribution in [0.2, 0.25) is 0 Å². The Bertz CT molecular complexity index is 385. The summed E-state index contributed by atoms with van der Waals surface area (Å²) in [6, 6.07) is 0. The molecule has 0 aromatic carbocycles. The number of rotatable bonds is 7. The molecule has 0 aliphatic heterocycles. The zero-order chi connectivity index (χ0) is 13.2. The zero-order valence-corrected chi connectivity index (χ0v) is 8.75. The molecular formula is C9H11NO7. The Labute approximate surface area is 95.4 Å². The van der Waals surface area contributed by atoms with Gasteiger partial charge in [0.1, 0.15) is 5.54 Å². The van der Waals surface area contributed by atoms with Gasteiger partial charge in [0.05, 0.1) is 13.1 Å². The Kier molecular flexibility index (Phi) is 3.47. The molecule has 1 aliphatic carbocycles. The van der Waals surface area contributed by atoms with Crippen LogP contribution in [0.15, 0.2) is 0 Å². The van der Waals surface area contributed by atoms with Crippen LogP contribution in [0.5, 0.6) is 0 Å². The van der Waals surface area contributed by atoms with Crippen LogP contribution < -0.4 is 0 Å². The van der Waals surface area contributed by atoms with Gasteiger partial charge in [-0.25, -0.2) is 4.79 Å². The second kappa shape index (κ2) is 4.50. The van der Waals surface area contributed by atoms with E-state index in [1.165, 1.54) is 0 Å². The number of hydrogen-bond acceptors (Lipinski definition) is 5. The van der Waals surface area contributed by atoms with E-state index in [4.69, 9.17) is 15.3 Å². The summed E-state index contributed by atoms with van der Waals surface area (Å²) in [4.78, 5) is 43.8. The molecule has 0 aromatic heterocycles. The average molecular weight is 245 g/mol. The number of aliphatic carboxylic acids is 3. The number of nitrogens with zero attached hydrogens (tertiary/aromatic N) is 1. The number of ketones is 1. The minimum atomic E-state index is -1.71. The van der Waals surface area contributed by atoms with Crippen LogP contribution in [-0.2, 0) is 19.2 Å². The topological polar surface area (TPSA) is 132 Å². The molecule has 17 heavy (non-hydrogen) atoms. The van der Waals surface area contributed by atoms with Crippen LogP contribution in [-0.4, -0.2) is 62.5 Å². The molecule has 0 unspecified atom stereocenters. The predicted octanol–water partition coefficient (Wildman–Crippen LogP) is -1.36. The fourth-order valence-corrected chi connectivity index (χ4v) is 1.55. The number of carboxylic acids is 3. The standard InChI is InChI=1S/C9H11NO7/c11-5(7(14)15)3-10(4-6(12)13)9(1-2-9)8(16)17/h1-4H2,(H,12,13)(H,14,15)(H,16,17). The third-order valence-electron chi connectivity index (χ3n) is 2.63. The minimum absolute atomic E-state index is 0.211. The molecule has 3 N–H and O–H groups in total. The lowest BCUT2D eigenvalue weighted by Gasteiger charge is -2.25. The lowest BCUT2D eigenvalue weighted by Crippen LogP contribution is -2.49. The van der Waals surface area contributed by atoms with Crippen molar-refractivity contribution in [3.05, 3.63) is 0 Å². The summed E-state index contributed by atoms with van der Waals surface area (Å²) in [6.07, 6.45) is 0.422. The zero-order valence-electron chi connectivity index (χ0n) is 8.75. The quantitative estimate of drug-likeness (QED) is 0.468. The summed E-state index contributed by atoms with van der Waals surface area (Å²) in [5.41, 5.74) is -1.40. The van der Waals surface area contributed by atoms with Gasteiger partial charge in [0.25, 0.3) is 5.78 Å². The van der Waals surface area contributed by atoms with Gasteiger partial charge in [-0.3, -0.25) is 19.3 Å². The van der Waals surface area contributed by atoms with Crippen molar-refractivity contribution in [1.82, 2.24) is 4.90 Å². The van der Waals surface area contributed by atoms with Gasteiger partial charge in [-0.2, -0.15) is 0 Å². The fraction of sp³-hybridized carbons (Fsp3) is 0.556. The second-order valence-corrected chi connectivity index (χ2v) is 3.81. The molecular weight excluding hydrogens is 234 g/mol.